The zero-order valence-electron chi connectivity index (χ0n) is 9.71. The topological polar surface area (TPSA) is 37.3 Å². The molecule has 0 fully saturated rings. The molecule has 2 nitrogen and oxygen atoms in total. The van der Waals surface area contributed by atoms with Gasteiger partial charge in [0.1, 0.15) is 0 Å². The molecule has 0 atom stereocenters. The molecule has 0 radical (unpaired) electrons. The number of carboxylic acids is 1. The van der Waals surface area contributed by atoms with Crippen molar-refractivity contribution in [3.05, 3.63) is 78.7 Å². The van der Waals surface area contributed by atoms with E-state index in [-0.39, 0.29) is 0 Å². The number of carbonyl (C=O) groups is 1. The number of hydrogen-bond acceptors (Lipinski definition) is 1. The third-order valence-electron chi connectivity index (χ3n) is 1.86. The Morgan fingerprint density at radius 3 is 1.56 bits per heavy atom. The van der Waals surface area contributed by atoms with Crippen LogP contribution in [0.5, 0.6) is 0 Å². The van der Waals surface area contributed by atoms with Gasteiger partial charge < -0.3 is 5.11 Å². The third kappa shape index (κ3) is 7.96. The second kappa shape index (κ2) is 10.9. The van der Waals surface area contributed by atoms with Gasteiger partial charge in [0.25, 0.3) is 0 Å². The normalized spacial score (nSPS) is 8.00. The van der Waals surface area contributed by atoms with Gasteiger partial charge in [-0.25, -0.2) is 4.79 Å². The van der Waals surface area contributed by atoms with Crippen LogP contribution in [-0.4, -0.2) is 11.1 Å². The van der Waals surface area contributed by atoms with E-state index in [0.717, 1.165) is 5.56 Å². The van der Waals surface area contributed by atoms with Crippen molar-refractivity contribution in [3.63, 3.8) is 0 Å². The maximum atomic E-state index is 10.2. The van der Waals surface area contributed by atoms with Gasteiger partial charge in [-0.15, -0.1) is 12.1 Å². The summed E-state index contributed by atoms with van der Waals surface area (Å²) in [5.74, 6) is -0.879. The first-order chi connectivity index (χ1) is 8.70. The quantitative estimate of drug-likeness (QED) is 0.639. The van der Waals surface area contributed by atoms with Crippen LogP contribution < -0.4 is 0 Å². The molecule has 0 aliphatic heterocycles. The Hall–Kier alpha value is -1.22. The Morgan fingerprint density at radius 1 is 0.944 bits per heavy atom. The molecule has 0 saturated heterocycles. The van der Waals surface area contributed by atoms with Crippen LogP contribution in [0.4, 0.5) is 0 Å². The molecule has 2 aromatic carbocycles. The van der Waals surface area contributed by atoms with Gasteiger partial charge in [-0.3, -0.25) is 0 Å². The predicted molar refractivity (Wildman–Crippen MR) is 70.2 cm³/mol. The molecule has 92 valence electrons. The number of hydrogen-bond donors (Lipinski definition) is 1. The minimum atomic E-state index is -0.879. The van der Waals surface area contributed by atoms with Crippen LogP contribution in [0.25, 0.3) is 0 Å². The fourth-order valence-corrected chi connectivity index (χ4v) is 1.06. The minimum absolute atomic E-state index is 0.331. The van der Waals surface area contributed by atoms with E-state index < -0.39 is 5.97 Å². The SMILES string of the molecule is O=C(O)c1ccccc1.[CH2-]c1ccccc1.[Cl][Ti+]. The van der Waals surface area contributed by atoms with Crippen molar-refractivity contribution in [2.24, 2.45) is 0 Å². The van der Waals surface area contributed by atoms with Gasteiger partial charge in [0.15, 0.2) is 0 Å². The molecular weight excluding hydrogens is 283 g/mol. The predicted octanol–water partition coefficient (Wildman–Crippen LogP) is 3.94. The summed E-state index contributed by atoms with van der Waals surface area (Å²) in [4.78, 5) is 10.2. The van der Waals surface area contributed by atoms with Gasteiger partial charge in [-0.2, -0.15) is 24.6 Å². The molecule has 0 aliphatic carbocycles. The molecule has 2 rings (SSSR count). The number of rotatable bonds is 1. The molecule has 0 heterocycles. The number of halogens is 1. The van der Waals surface area contributed by atoms with Crippen molar-refractivity contribution in [1.82, 2.24) is 0 Å². The molecular formula is C14H13ClO2Ti. The average molecular weight is 297 g/mol. The van der Waals surface area contributed by atoms with Gasteiger partial charge in [0.2, 0.25) is 0 Å². The Morgan fingerprint density at radius 2 is 1.33 bits per heavy atom. The molecule has 0 bridgehead atoms. The van der Waals surface area contributed by atoms with E-state index in [4.69, 9.17) is 5.11 Å². The van der Waals surface area contributed by atoms with E-state index in [1.165, 1.54) is 19.4 Å². The van der Waals surface area contributed by atoms with Crippen molar-refractivity contribution < 1.29 is 29.3 Å². The summed E-state index contributed by atoms with van der Waals surface area (Å²) in [6.07, 6.45) is 0. The van der Waals surface area contributed by atoms with Gasteiger partial charge in [0.05, 0.1) is 5.56 Å². The zero-order valence-corrected chi connectivity index (χ0v) is 12.0. The molecule has 0 saturated carbocycles. The molecule has 4 heteroatoms. The van der Waals surface area contributed by atoms with Crippen molar-refractivity contribution in [3.8, 4) is 0 Å². The number of carboxylic acid groups (broad SMARTS) is 1. The standard InChI is InChI=1S/C7H6O2.C7H7.ClH.Ti/c8-7(9)6-4-2-1-3-5-6;1-7-5-3-2-4-6-7;;/h1-5H,(H,8,9);2-6H,1H2;1H;/q;-1;;+2/p-1. The average Bonchev–Trinajstić information content (AvgIpc) is 2.43. The molecule has 0 aliphatic rings. The first-order valence-corrected chi connectivity index (χ1v) is 7.19. The second-order valence-corrected chi connectivity index (χ2v) is 3.16. The van der Waals surface area contributed by atoms with Gasteiger partial charge in [-0.1, -0.05) is 24.3 Å². The van der Waals surface area contributed by atoms with Crippen molar-refractivity contribution in [2.45, 2.75) is 0 Å². The Bertz CT molecular complexity index is 432. The number of aromatic carboxylic acids is 1. The first-order valence-electron chi connectivity index (χ1n) is 5.04. The molecule has 2 aromatic rings. The van der Waals surface area contributed by atoms with Crippen LogP contribution in [0.1, 0.15) is 15.9 Å². The number of benzene rings is 2. The summed E-state index contributed by atoms with van der Waals surface area (Å²) < 4.78 is 0. The summed E-state index contributed by atoms with van der Waals surface area (Å²) >= 11 is 1.47. The summed E-state index contributed by atoms with van der Waals surface area (Å²) in [5, 5.41) is 8.38. The Balaban J connectivity index is 0.000000289. The maximum absolute atomic E-state index is 10.2. The van der Waals surface area contributed by atoms with Crippen molar-refractivity contribution >= 4 is 15.3 Å². The van der Waals surface area contributed by atoms with Crippen molar-refractivity contribution in [1.29, 1.82) is 0 Å². The monoisotopic (exact) mass is 296 g/mol. The molecule has 0 aromatic heterocycles. The molecule has 18 heavy (non-hydrogen) atoms. The molecule has 0 amide bonds. The fourth-order valence-electron chi connectivity index (χ4n) is 1.06. The van der Waals surface area contributed by atoms with Crippen LogP contribution in [0.15, 0.2) is 60.7 Å². The van der Waals surface area contributed by atoms with Gasteiger partial charge >= 0.3 is 34.6 Å². The summed E-state index contributed by atoms with van der Waals surface area (Å²) in [7, 11) is 4.64. The van der Waals surface area contributed by atoms with E-state index in [1.54, 1.807) is 30.3 Å². The van der Waals surface area contributed by atoms with E-state index in [0.29, 0.717) is 5.56 Å². The van der Waals surface area contributed by atoms with Crippen LogP contribution >= 0.6 is 9.30 Å². The van der Waals surface area contributed by atoms with E-state index >= 15 is 0 Å². The molecule has 0 spiro atoms. The van der Waals surface area contributed by atoms with E-state index in [1.807, 2.05) is 30.3 Å². The Labute approximate surface area is 123 Å². The van der Waals surface area contributed by atoms with Crippen LogP contribution in [0.3, 0.4) is 0 Å². The third-order valence-corrected chi connectivity index (χ3v) is 1.86. The zero-order chi connectivity index (χ0) is 13.8. The van der Waals surface area contributed by atoms with Crippen LogP contribution in [0.2, 0.25) is 0 Å². The van der Waals surface area contributed by atoms with Crippen LogP contribution in [0, 0.1) is 6.92 Å². The van der Waals surface area contributed by atoms with Crippen molar-refractivity contribution in [2.75, 3.05) is 0 Å². The molecule has 1 N–H and O–H groups in total. The Kier molecular flexibility index (Phi) is 10.2. The fraction of sp³-hybridized carbons (Fsp3) is 0. The van der Waals surface area contributed by atoms with Gasteiger partial charge in [0, 0.05) is 0 Å². The molecule has 0 unspecified atom stereocenters. The van der Waals surface area contributed by atoms with E-state index in [9.17, 15) is 4.79 Å². The van der Waals surface area contributed by atoms with Gasteiger partial charge in [-0.05, 0) is 12.1 Å². The second-order valence-electron chi connectivity index (χ2n) is 3.16. The summed E-state index contributed by atoms with van der Waals surface area (Å²) in [6, 6.07) is 18.2. The van der Waals surface area contributed by atoms with Crippen LogP contribution in [-0.2, 0) is 19.4 Å². The summed E-state index contributed by atoms with van der Waals surface area (Å²) in [6.45, 7) is 3.72. The van der Waals surface area contributed by atoms with E-state index in [2.05, 4.69) is 16.2 Å². The summed E-state index contributed by atoms with van der Waals surface area (Å²) in [5.41, 5.74) is 1.40. The first kappa shape index (κ1) is 16.8.